The van der Waals surface area contributed by atoms with Crippen molar-refractivity contribution in [3.8, 4) is 11.1 Å². The molecule has 0 aliphatic carbocycles. The molecule has 4 heterocycles. The first-order chi connectivity index (χ1) is 15.8. The predicted octanol–water partition coefficient (Wildman–Crippen LogP) is 3.99. The van der Waals surface area contributed by atoms with Gasteiger partial charge in [0.1, 0.15) is 17.6 Å². The van der Waals surface area contributed by atoms with E-state index in [0.717, 1.165) is 12.3 Å². The molecule has 1 N–H and O–H groups in total. The molecule has 10 heteroatoms. The molecule has 33 heavy (non-hydrogen) atoms. The predicted molar refractivity (Wildman–Crippen MR) is 117 cm³/mol. The van der Waals surface area contributed by atoms with Crippen molar-refractivity contribution in [2.75, 3.05) is 11.9 Å². The van der Waals surface area contributed by atoms with E-state index >= 15 is 0 Å². The summed E-state index contributed by atoms with van der Waals surface area (Å²) >= 11 is 0. The van der Waals surface area contributed by atoms with E-state index in [1.807, 2.05) is 0 Å². The van der Waals surface area contributed by atoms with Crippen LogP contribution in [0.5, 0.6) is 0 Å². The van der Waals surface area contributed by atoms with E-state index in [2.05, 4.69) is 9.97 Å². The highest BCUT2D eigenvalue weighted by molar-refractivity contribution is 6.03. The molecule has 0 saturated heterocycles. The SMILES string of the molecule is CN(F)Cc1cc2c(cc1C=O)N(c1ncc(F)cc1F)Cc1c[nH]c3c(=O)n(C)cc-2c13. The second kappa shape index (κ2) is 7.59. The Labute approximate surface area is 185 Å². The lowest BCUT2D eigenvalue weighted by Crippen LogP contribution is -2.20. The number of anilines is 2. The van der Waals surface area contributed by atoms with Gasteiger partial charge < -0.3 is 14.5 Å². The van der Waals surface area contributed by atoms with Gasteiger partial charge in [0.25, 0.3) is 5.56 Å². The first kappa shape index (κ1) is 21.0. The topological polar surface area (TPSA) is 74.2 Å². The van der Waals surface area contributed by atoms with Crippen molar-refractivity contribution in [1.82, 2.24) is 19.7 Å². The minimum absolute atomic E-state index is 0.101. The van der Waals surface area contributed by atoms with Gasteiger partial charge in [-0.2, -0.15) is 0 Å². The normalized spacial score (nSPS) is 12.8. The van der Waals surface area contributed by atoms with Crippen molar-refractivity contribution in [2.24, 2.45) is 7.05 Å². The minimum atomic E-state index is -0.881. The van der Waals surface area contributed by atoms with E-state index < -0.39 is 11.6 Å². The van der Waals surface area contributed by atoms with Crippen LogP contribution >= 0.6 is 0 Å². The van der Waals surface area contributed by atoms with Crippen molar-refractivity contribution in [3.05, 3.63) is 75.5 Å². The number of benzene rings is 1. The molecular weight excluding hydrogens is 435 g/mol. The average molecular weight is 453 g/mol. The van der Waals surface area contributed by atoms with Gasteiger partial charge in [-0.3, -0.25) is 9.59 Å². The molecule has 0 amide bonds. The van der Waals surface area contributed by atoms with Crippen molar-refractivity contribution >= 4 is 28.7 Å². The van der Waals surface area contributed by atoms with Crippen LogP contribution in [0.15, 0.2) is 41.6 Å². The quantitative estimate of drug-likeness (QED) is 0.374. The maximum absolute atomic E-state index is 14.8. The van der Waals surface area contributed by atoms with Crippen LogP contribution in [-0.2, 0) is 20.1 Å². The van der Waals surface area contributed by atoms with Gasteiger partial charge >= 0.3 is 0 Å². The van der Waals surface area contributed by atoms with Gasteiger partial charge in [0.2, 0.25) is 0 Å². The first-order valence-corrected chi connectivity index (χ1v) is 10.1. The Bertz CT molecular complexity index is 1490. The van der Waals surface area contributed by atoms with Gasteiger partial charge in [0, 0.05) is 54.6 Å². The Kier molecular flexibility index (Phi) is 4.82. The lowest BCUT2D eigenvalue weighted by atomic mass is 9.96. The number of nitrogens with zero attached hydrogens (tertiary/aromatic N) is 4. The summed E-state index contributed by atoms with van der Waals surface area (Å²) in [6.07, 6.45) is 4.83. The molecule has 0 unspecified atom stereocenters. The molecule has 0 radical (unpaired) electrons. The number of hydrogen-bond acceptors (Lipinski definition) is 5. The van der Waals surface area contributed by atoms with Gasteiger partial charge in [-0.15, -0.1) is 9.60 Å². The maximum atomic E-state index is 14.8. The molecule has 5 rings (SSSR count). The average Bonchev–Trinajstić information content (AvgIpc) is 3.13. The number of rotatable bonds is 4. The van der Waals surface area contributed by atoms with Gasteiger partial charge in [0.15, 0.2) is 11.6 Å². The fourth-order valence-corrected chi connectivity index (χ4v) is 4.38. The van der Waals surface area contributed by atoms with E-state index in [1.165, 1.54) is 22.6 Å². The molecule has 1 aliphatic rings. The standard InChI is InChI=1S/C23H18F3N5O2/c1-29-10-17-16-3-12(8-30(2)26)13(11-32)4-19(16)31(22-18(25)5-15(24)7-28-22)9-14-6-27-21(20(14)17)23(29)33/h3-7,10-11,27H,8-9H2,1-2H3. The molecular formula is C23H18F3N5O2. The second-order valence-electron chi connectivity index (χ2n) is 8.02. The van der Waals surface area contributed by atoms with Crippen LogP contribution in [0.2, 0.25) is 0 Å². The number of pyridine rings is 2. The number of aromatic nitrogens is 3. The molecule has 168 valence electrons. The van der Waals surface area contributed by atoms with Crippen LogP contribution < -0.4 is 10.5 Å². The number of carbonyl (C=O) groups is 1. The zero-order valence-corrected chi connectivity index (χ0v) is 17.7. The summed E-state index contributed by atoms with van der Waals surface area (Å²) in [6, 6.07) is 3.93. The monoisotopic (exact) mass is 453 g/mol. The molecule has 1 aromatic carbocycles. The molecule has 4 aromatic rings. The van der Waals surface area contributed by atoms with E-state index in [-0.39, 0.29) is 30.0 Å². The van der Waals surface area contributed by atoms with Crippen LogP contribution in [0, 0.1) is 11.6 Å². The smallest absolute Gasteiger partial charge is 0.274 e. The fraction of sp³-hybridized carbons (Fsp3) is 0.174. The Morgan fingerprint density at radius 3 is 2.73 bits per heavy atom. The Balaban J connectivity index is 1.88. The summed E-state index contributed by atoms with van der Waals surface area (Å²) in [6.45, 7) is -0.0528. The maximum Gasteiger partial charge on any atom is 0.274 e. The largest absolute Gasteiger partial charge is 0.356 e. The van der Waals surface area contributed by atoms with E-state index in [4.69, 9.17) is 0 Å². The number of aryl methyl sites for hydroxylation is 1. The summed E-state index contributed by atoms with van der Waals surface area (Å²) in [4.78, 5) is 33.0. The number of fused-ring (bicyclic) bond motifs is 2. The van der Waals surface area contributed by atoms with Crippen LogP contribution in [0.3, 0.4) is 0 Å². The number of hydrogen-bond donors (Lipinski definition) is 1. The summed E-state index contributed by atoms with van der Waals surface area (Å²) in [7, 11) is 2.84. The highest BCUT2D eigenvalue weighted by atomic mass is 19.2. The molecule has 0 fully saturated rings. The number of halogens is 3. The summed E-state index contributed by atoms with van der Waals surface area (Å²) in [5, 5.41) is 1.09. The van der Waals surface area contributed by atoms with E-state index in [1.54, 1.807) is 25.5 Å². The van der Waals surface area contributed by atoms with Gasteiger partial charge in [-0.25, -0.2) is 13.8 Å². The molecule has 0 saturated carbocycles. The van der Waals surface area contributed by atoms with Crippen molar-refractivity contribution in [3.63, 3.8) is 0 Å². The molecule has 0 bridgehead atoms. The van der Waals surface area contributed by atoms with Crippen molar-refractivity contribution in [2.45, 2.75) is 13.1 Å². The third-order valence-corrected chi connectivity index (χ3v) is 5.81. The third-order valence-electron chi connectivity index (χ3n) is 5.81. The molecule has 0 atom stereocenters. The zero-order valence-electron chi connectivity index (χ0n) is 17.7. The van der Waals surface area contributed by atoms with Crippen LogP contribution in [0.1, 0.15) is 21.5 Å². The highest BCUT2D eigenvalue weighted by Crippen LogP contribution is 2.44. The van der Waals surface area contributed by atoms with Crippen LogP contribution in [-0.4, -0.2) is 33.0 Å². The zero-order chi connectivity index (χ0) is 23.4. The molecule has 0 spiro atoms. The fourth-order valence-electron chi connectivity index (χ4n) is 4.38. The molecule has 3 aromatic heterocycles. The number of carbonyl (C=O) groups excluding carboxylic acids is 1. The van der Waals surface area contributed by atoms with Gasteiger partial charge in [-0.1, -0.05) is 0 Å². The number of aromatic amines is 1. The lowest BCUT2D eigenvalue weighted by Gasteiger charge is -2.26. The van der Waals surface area contributed by atoms with Crippen LogP contribution in [0.25, 0.3) is 22.0 Å². The Morgan fingerprint density at radius 2 is 2.03 bits per heavy atom. The van der Waals surface area contributed by atoms with Gasteiger partial charge in [-0.05, 0) is 23.3 Å². The second-order valence-corrected chi connectivity index (χ2v) is 8.02. The lowest BCUT2D eigenvalue weighted by molar-refractivity contribution is 0.0503. The summed E-state index contributed by atoms with van der Waals surface area (Å²) in [5.41, 5.74) is 3.10. The number of nitrogens with one attached hydrogen (secondary N) is 1. The van der Waals surface area contributed by atoms with Crippen LogP contribution in [0.4, 0.5) is 24.8 Å². The van der Waals surface area contributed by atoms with E-state index in [9.17, 15) is 22.9 Å². The summed E-state index contributed by atoms with van der Waals surface area (Å²) in [5.74, 6) is -1.84. The Hall–Kier alpha value is -3.92. The van der Waals surface area contributed by atoms with Crippen molar-refractivity contribution in [1.29, 1.82) is 0 Å². The Morgan fingerprint density at radius 1 is 1.24 bits per heavy atom. The third kappa shape index (κ3) is 3.30. The highest BCUT2D eigenvalue weighted by Gasteiger charge is 2.29. The van der Waals surface area contributed by atoms with E-state index in [0.29, 0.717) is 50.3 Å². The number of aldehydes is 1. The number of H-pyrrole nitrogens is 1. The molecule has 7 nitrogen and oxygen atoms in total. The first-order valence-electron chi connectivity index (χ1n) is 10.1. The summed E-state index contributed by atoms with van der Waals surface area (Å²) < 4.78 is 43.6. The van der Waals surface area contributed by atoms with Crippen molar-refractivity contribution < 1.29 is 18.1 Å². The minimum Gasteiger partial charge on any atom is -0.356 e. The molecule has 1 aliphatic heterocycles. The van der Waals surface area contributed by atoms with Gasteiger partial charge in [0.05, 0.1) is 25.0 Å².